The Bertz CT molecular complexity index is 179. The Morgan fingerprint density at radius 3 is 2.38 bits per heavy atom. The number of carbonyl (C=O) groups excluding carboxylic acids is 1. The highest BCUT2D eigenvalue weighted by atomic mass is 35.5. The maximum Gasteiger partial charge on any atom is 0.404 e. The van der Waals surface area contributed by atoms with Crippen molar-refractivity contribution in [1.29, 1.82) is 0 Å². The number of hydrogen-bond acceptors (Lipinski definition) is 3. The van der Waals surface area contributed by atoms with Crippen LogP contribution in [-0.2, 0) is 4.74 Å². The highest BCUT2D eigenvalue weighted by Crippen LogP contribution is 2.27. The predicted octanol–water partition coefficient (Wildman–Crippen LogP) is 1.10. The predicted molar refractivity (Wildman–Crippen MR) is 50.6 cm³/mol. The molecule has 0 bridgehead atoms. The van der Waals surface area contributed by atoms with Crippen molar-refractivity contribution < 1.29 is 14.6 Å². The molecule has 2 atom stereocenters. The molecule has 3 N–H and O–H groups in total. The van der Waals surface area contributed by atoms with Crippen LogP contribution >= 0.6 is 11.6 Å². The van der Waals surface area contributed by atoms with Gasteiger partial charge in [-0.1, -0.05) is 20.8 Å². The van der Waals surface area contributed by atoms with E-state index in [1.165, 1.54) is 0 Å². The molecule has 13 heavy (non-hydrogen) atoms. The van der Waals surface area contributed by atoms with Gasteiger partial charge in [-0.2, -0.15) is 0 Å². The molecule has 1 amide bonds. The first kappa shape index (κ1) is 12.5. The fourth-order valence-electron chi connectivity index (χ4n) is 0.829. The minimum absolute atomic E-state index is 0.166. The molecule has 78 valence electrons. The summed E-state index contributed by atoms with van der Waals surface area (Å²) in [6.07, 6.45) is -1.80. The summed E-state index contributed by atoms with van der Waals surface area (Å²) < 4.78 is 4.42. The van der Waals surface area contributed by atoms with Crippen LogP contribution in [0.5, 0.6) is 0 Å². The molecule has 0 fully saturated rings. The first-order valence-corrected chi connectivity index (χ1v) is 4.43. The van der Waals surface area contributed by atoms with Crippen LogP contribution < -0.4 is 5.73 Å². The molecule has 1 unspecified atom stereocenters. The fourth-order valence-corrected chi connectivity index (χ4v) is 0.902. The van der Waals surface area contributed by atoms with E-state index in [0.717, 1.165) is 0 Å². The SMILES string of the molecule is CC(C)(C)C(Cl)[C@@H](O)COC(N)=O. The van der Waals surface area contributed by atoms with Gasteiger partial charge in [0.25, 0.3) is 0 Å². The van der Waals surface area contributed by atoms with E-state index in [1.54, 1.807) is 0 Å². The van der Waals surface area contributed by atoms with Crippen LogP contribution in [0.25, 0.3) is 0 Å². The summed E-state index contributed by atoms with van der Waals surface area (Å²) in [6, 6.07) is 0. The smallest absolute Gasteiger partial charge is 0.404 e. The van der Waals surface area contributed by atoms with Crippen molar-refractivity contribution in [3.8, 4) is 0 Å². The van der Waals surface area contributed by atoms with Crippen LogP contribution in [-0.4, -0.2) is 29.3 Å². The number of rotatable bonds is 3. The van der Waals surface area contributed by atoms with E-state index in [9.17, 15) is 9.90 Å². The topological polar surface area (TPSA) is 72.6 Å². The molecular weight excluding hydrogens is 194 g/mol. The molecule has 0 heterocycles. The second kappa shape index (κ2) is 4.67. The Balaban J connectivity index is 3.97. The van der Waals surface area contributed by atoms with Crippen molar-refractivity contribution in [3.05, 3.63) is 0 Å². The largest absolute Gasteiger partial charge is 0.447 e. The third-order valence-electron chi connectivity index (χ3n) is 1.56. The van der Waals surface area contributed by atoms with Gasteiger partial charge in [0.1, 0.15) is 12.7 Å². The zero-order valence-corrected chi connectivity index (χ0v) is 8.84. The van der Waals surface area contributed by atoms with Crippen molar-refractivity contribution in [2.45, 2.75) is 32.3 Å². The van der Waals surface area contributed by atoms with E-state index >= 15 is 0 Å². The van der Waals surface area contributed by atoms with Crippen molar-refractivity contribution in [3.63, 3.8) is 0 Å². The number of halogens is 1. The minimum atomic E-state index is -0.906. The van der Waals surface area contributed by atoms with Crippen molar-refractivity contribution in [2.24, 2.45) is 11.1 Å². The van der Waals surface area contributed by atoms with Gasteiger partial charge in [0.05, 0.1) is 5.38 Å². The zero-order valence-electron chi connectivity index (χ0n) is 8.08. The second-order valence-electron chi connectivity index (χ2n) is 3.97. The lowest BCUT2D eigenvalue weighted by Gasteiger charge is -2.28. The van der Waals surface area contributed by atoms with E-state index in [-0.39, 0.29) is 12.0 Å². The van der Waals surface area contributed by atoms with Crippen molar-refractivity contribution in [1.82, 2.24) is 0 Å². The molecule has 0 aliphatic rings. The van der Waals surface area contributed by atoms with Crippen LogP contribution in [0.4, 0.5) is 4.79 Å². The Kier molecular flexibility index (Phi) is 4.50. The van der Waals surface area contributed by atoms with Gasteiger partial charge < -0.3 is 15.6 Å². The molecule has 0 aromatic heterocycles. The summed E-state index contributed by atoms with van der Waals surface area (Å²) >= 11 is 5.91. The third-order valence-corrected chi connectivity index (χ3v) is 2.51. The van der Waals surface area contributed by atoms with E-state index in [4.69, 9.17) is 17.3 Å². The number of ether oxygens (including phenoxy) is 1. The van der Waals surface area contributed by atoms with Gasteiger partial charge in [-0.15, -0.1) is 11.6 Å². The average Bonchev–Trinajstić information content (AvgIpc) is 1.96. The van der Waals surface area contributed by atoms with Gasteiger partial charge in [-0.25, -0.2) is 4.79 Å². The summed E-state index contributed by atoms with van der Waals surface area (Å²) in [5, 5.41) is 8.96. The van der Waals surface area contributed by atoms with Gasteiger partial charge in [-0.3, -0.25) is 0 Å². The summed E-state index contributed by atoms with van der Waals surface area (Å²) in [7, 11) is 0. The first-order valence-electron chi connectivity index (χ1n) is 3.99. The summed E-state index contributed by atoms with van der Waals surface area (Å²) in [4.78, 5) is 10.2. The Morgan fingerprint density at radius 2 is 2.08 bits per heavy atom. The molecule has 0 rings (SSSR count). The summed E-state index contributed by atoms with van der Waals surface area (Å²) in [6.45, 7) is 5.50. The zero-order chi connectivity index (χ0) is 10.6. The van der Waals surface area contributed by atoms with Crippen LogP contribution in [0.15, 0.2) is 0 Å². The maximum absolute atomic E-state index is 10.2. The average molecular weight is 210 g/mol. The number of hydrogen-bond donors (Lipinski definition) is 2. The van der Waals surface area contributed by atoms with Crippen molar-refractivity contribution in [2.75, 3.05) is 6.61 Å². The van der Waals surface area contributed by atoms with Crippen LogP contribution in [0.2, 0.25) is 0 Å². The van der Waals surface area contributed by atoms with E-state index in [0.29, 0.717) is 0 Å². The quantitative estimate of drug-likeness (QED) is 0.684. The lowest BCUT2D eigenvalue weighted by Crippen LogP contribution is -2.37. The molecule has 0 radical (unpaired) electrons. The second-order valence-corrected chi connectivity index (χ2v) is 4.44. The van der Waals surface area contributed by atoms with Gasteiger partial charge in [0.2, 0.25) is 0 Å². The van der Waals surface area contributed by atoms with E-state index in [1.807, 2.05) is 20.8 Å². The Morgan fingerprint density at radius 1 is 1.62 bits per heavy atom. The molecule has 4 nitrogen and oxygen atoms in total. The van der Waals surface area contributed by atoms with Crippen molar-refractivity contribution >= 4 is 17.7 Å². The fraction of sp³-hybridized carbons (Fsp3) is 0.875. The minimum Gasteiger partial charge on any atom is -0.447 e. The molecule has 0 aliphatic heterocycles. The lowest BCUT2D eigenvalue weighted by atomic mass is 9.89. The number of primary amides is 1. The standard InChI is InChI=1S/C8H16ClNO3/c1-8(2,3)6(9)5(11)4-13-7(10)12/h5-6,11H,4H2,1-3H3,(H2,10,12)/t5-,6?/m0/s1. The molecular formula is C8H16ClNO3. The van der Waals surface area contributed by atoms with Gasteiger partial charge in [-0.05, 0) is 5.41 Å². The molecule has 0 saturated carbocycles. The maximum atomic E-state index is 10.2. The van der Waals surface area contributed by atoms with Gasteiger partial charge in [0.15, 0.2) is 0 Å². The van der Waals surface area contributed by atoms with Crippen LogP contribution in [0.1, 0.15) is 20.8 Å². The number of amides is 1. The number of alkyl halides is 1. The summed E-state index contributed by atoms with van der Waals surface area (Å²) in [5.41, 5.74) is 4.49. The Hall–Kier alpha value is -0.480. The molecule has 5 heteroatoms. The summed E-state index contributed by atoms with van der Waals surface area (Å²) in [5.74, 6) is 0. The highest BCUT2D eigenvalue weighted by molar-refractivity contribution is 6.21. The highest BCUT2D eigenvalue weighted by Gasteiger charge is 2.29. The third kappa shape index (κ3) is 4.95. The van der Waals surface area contributed by atoms with Gasteiger partial charge in [0, 0.05) is 0 Å². The number of aliphatic hydroxyl groups excluding tert-OH is 1. The molecule has 0 aromatic carbocycles. The lowest BCUT2D eigenvalue weighted by molar-refractivity contribution is 0.0511. The van der Waals surface area contributed by atoms with Crippen LogP contribution in [0.3, 0.4) is 0 Å². The molecule has 0 saturated heterocycles. The number of carbonyl (C=O) groups is 1. The van der Waals surface area contributed by atoms with Gasteiger partial charge >= 0.3 is 6.09 Å². The normalized spacial score (nSPS) is 16.4. The number of nitrogens with two attached hydrogens (primary N) is 1. The van der Waals surface area contributed by atoms with Crippen LogP contribution in [0, 0.1) is 5.41 Å². The first-order chi connectivity index (χ1) is 5.75. The molecule has 0 aliphatic carbocycles. The Labute approximate surface area is 83.0 Å². The molecule has 0 aromatic rings. The monoisotopic (exact) mass is 209 g/mol. The number of aliphatic hydroxyl groups is 1. The molecule has 0 spiro atoms. The van der Waals surface area contributed by atoms with E-state index < -0.39 is 17.6 Å². The van der Waals surface area contributed by atoms with E-state index in [2.05, 4.69) is 4.74 Å².